The van der Waals surface area contributed by atoms with E-state index in [2.05, 4.69) is 10.6 Å². The number of hydrogen-bond acceptors (Lipinski definition) is 4. The minimum absolute atomic E-state index is 0.0684. The number of carbonyl (C=O) groups excluding carboxylic acids is 2. The van der Waals surface area contributed by atoms with Crippen LogP contribution < -0.4 is 10.6 Å². The van der Waals surface area contributed by atoms with Crippen LogP contribution in [-0.2, 0) is 14.3 Å². The number of nitrogens with one attached hydrogen (secondary N) is 2. The summed E-state index contributed by atoms with van der Waals surface area (Å²) in [6.45, 7) is 9.31. The molecule has 6 nitrogen and oxygen atoms in total. The first kappa shape index (κ1) is 19.7. The Hall–Kier alpha value is -1.30. The van der Waals surface area contributed by atoms with Gasteiger partial charge < -0.3 is 20.1 Å². The fraction of sp³-hybridized carbons (Fsp3) is 0.882. The highest BCUT2D eigenvalue weighted by Crippen LogP contribution is 2.25. The van der Waals surface area contributed by atoms with Crippen LogP contribution in [0.5, 0.6) is 0 Å². The van der Waals surface area contributed by atoms with E-state index in [0.717, 1.165) is 25.7 Å². The molecule has 134 valence electrons. The van der Waals surface area contributed by atoms with E-state index in [1.54, 1.807) is 0 Å². The van der Waals surface area contributed by atoms with Crippen molar-refractivity contribution in [3.05, 3.63) is 0 Å². The largest absolute Gasteiger partial charge is 0.444 e. The average Bonchev–Trinajstić information content (AvgIpc) is 2.87. The van der Waals surface area contributed by atoms with Gasteiger partial charge in [0.15, 0.2) is 0 Å². The standard InChI is InChI=1S/C17H32N2O4/c1-5-22-11-7-10-15(20)19-14-9-6-8-13(14)12-18-16(21)23-17(2,3)4/h13-14H,5-12H2,1-4H3,(H,18,21)(H,19,20)/t13-,14-/m1/s1. The molecule has 23 heavy (non-hydrogen) atoms. The summed E-state index contributed by atoms with van der Waals surface area (Å²) < 4.78 is 10.5. The Morgan fingerprint density at radius 1 is 1.22 bits per heavy atom. The normalized spacial score (nSPS) is 21.0. The maximum absolute atomic E-state index is 12.0. The van der Waals surface area contributed by atoms with Crippen molar-refractivity contribution in [3.8, 4) is 0 Å². The van der Waals surface area contributed by atoms with E-state index in [1.807, 2.05) is 27.7 Å². The van der Waals surface area contributed by atoms with Crippen LogP contribution in [0.15, 0.2) is 0 Å². The molecule has 1 aliphatic carbocycles. The van der Waals surface area contributed by atoms with Crippen molar-refractivity contribution in [2.24, 2.45) is 5.92 Å². The lowest BCUT2D eigenvalue weighted by atomic mass is 10.0. The Morgan fingerprint density at radius 2 is 1.96 bits per heavy atom. The third kappa shape index (κ3) is 8.79. The number of alkyl carbamates (subject to hydrolysis) is 1. The van der Waals surface area contributed by atoms with Gasteiger partial charge in [-0.25, -0.2) is 4.79 Å². The molecule has 0 aliphatic heterocycles. The zero-order valence-corrected chi connectivity index (χ0v) is 14.9. The zero-order valence-electron chi connectivity index (χ0n) is 14.9. The topological polar surface area (TPSA) is 76.7 Å². The monoisotopic (exact) mass is 328 g/mol. The summed E-state index contributed by atoms with van der Waals surface area (Å²) in [5, 5.41) is 5.90. The molecule has 0 bridgehead atoms. The molecule has 0 aromatic heterocycles. The highest BCUT2D eigenvalue weighted by atomic mass is 16.6. The van der Waals surface area contributed by atoms with Gasteiger partial charge >= 0.3 is 6.09 Å². The highest BCUT2D eigenvalue weighted by Gasteiger charge is 2.29. The summed E-state index contributed by atoms with van der Waals surface area (Å²) in [4.78, 5) is 23.7. The molecule has 0 saturated heterocycles. The van der Waals surface area contributed by atoms with Crippen LogP contribution in [0.25, 0.3) is 0 Å². The van der Waals surface area contributed by atoms with E-state index in [4.69, 9.17) is 9.47 Å². The predicted molar refractivity (Wildman–Crippen MR) is 89.2 cm³/mol. The molecule has 2 amide bonds. The van der Waals surface area contributed by atoms with E-state index >= 15 is 0 Å². The summed E-state index contributed by atoms with van der Waals surface area (Å²) in [5.41, 5.74) is -0.492. The van der Waals surface area contributed by atoms with Gasteiger partial charge in [-0.05, 0) is 52.9 Å². The van der Waals surface area contributed by atoms with Gasteiger partial charge in [-0.1, -0.05) is 6.42 Å². The minimum atomic E-state index is -0.492. The Kier molecular flexibility index (Phi) is 8.37. The summed E-state index contributed by atoms with van der Waals surface area (Å²) in [6, 6.07) is 0.143. The maximum Gasteiger partial charge on any atom is 0.407 e. The van der Waals surface area contributed by atoms with Gasteiger partial charge in [-0.15, -0.1) is 0 Å². The molecule has 0 spiro atoms. The number of rotatable bonds is 8. The summed E-state index contributed by atoms with van der Waals surface area (Å²) in [7, 11) is 0. The maximum atomic E-state index is 12.0. The molecule has 0 radical (unpaired) electrons. The smallest absolute Gasteiger partial charge is 0.407 e. The molecule has 2 N–H and O–H groups in total. The average molecular weight is 328 g/mol. The van der Waals surface area contributed by atoms with Crippen molar-refractivity contribution >= 4 is 12.0 Å². The van der Waals surface area contributed by atoms with Crippen molar-refractivity contribution in [2.45, 2.75) is 71.4 Å². The first-order chi connectivity index (χ1) is 10.8. The Labute approximate surface area is 139 Å². The van der Waals surface area contributed by atoms with Crippen molar-refractivity contribution in [3.63, 3.8) is 0 Å². The number of ether oxygens (including phenoxy) is 2. The third-order valence-corrected chi connectivity index (χ3v) is 3.81. The molecule has 1 fully saturated rings. The highest BCUT2D eigenvalue weighted by molar-refractivity contribution is 5.76. The van der Waals surface area contributed by atoms with E-state index in [1.165, 1.54) is 0 Å². The molecule has 0 aromatic rings. The Morgan fingerprint density at radius 3 is 2.61 bits per heavy atom. The number of carbonyl (C=O) groups is 2. The second-order valence-electron chi connectivity index (χ2n) is 7.05. The van der Waals surface area contributed by atoms with Crippen LogP contribution in [-0.4, -0.2) is 43.4 Å². The van der Waals surface area contributed by atoms with Crippen LogP contribution in [0.3, 0.4) is 0 Å². The third-order valence-electron chi connectivity index (χ3n) is 3.81. The Bertz CT molecular complexity index is 379. The lowest BCUT2D eigenvalue weighted by Crippen LogP contribution is -2.43. The molecule has 1 rings (SSSR count). The van der Waals surface area contributed by atoms with E-state index < -0.39 is 11.7 Å². The zero-order chi connectivity index (χ0) is 17.3. The minimum Gasteiger partial charge on any atom is -0.444 e. The molecular formula is C17H32N2O4. The van der Waals surface area contributed by atoms with Crippen molar-refractivity contribution < 1.29 is 19.1 Å². The molecular weight excluding hydrogens is 296 g/mol. The van der Waals surface area contributed by atoms with Gasteiger partial charge in [-0.2, -0.15) is 0 Å². The van der Waals surface area contributed by atoms with Gasteiger partial charge in [0.05, 0.1) is 0 Å². The van der Waals surface area contributed by atoms with Crippen molar-refractivity contribution in [1.82, 2.24) is 10.6 Å². The summed E-state index contributed by atoms with van der Waals surface area (Å²) >= 11 is 0. The van der Waals surface area contributed by atoms with Crippen molar-refractivity contribution in [2.75, 3.05) is 19.8 Å². The first-order valence-electron chi connectivity index (χ1n) is 8.65. The molecule has 0 aromatic carbocycles. The molecule has 0 heterocycles. The van der Waals surface area contributed by atoms with E-state index in [-0.39, 0.29) is 17.9 Å². The lowest BCUT2D eigenvalue weighted by molar-refractivity contribution is -0.122. The van der Waals surface area contributed by atoms with Crippen LogP contribution in [0.1, 0.15) is 59.8 Å². The van der Waals surface area contributed by atoms with Crippen LogP contribution >= 0.6 is 0 Å². The van der Waals surface area contributed by atoms with Gasteiger partial charge in [0.1, 0.15) is 5.60 Å². The van der Waals surface area contributed by atoms with Gasteiger partial charge in [0.2, 0.25) is 5.91 Å². The fourth-order valence-corrected chi connectivity index (χ4v) is 2.76. The molecule has 1 saturated carbocycles. The Balaban J connectivity index is 2.28. The fourth-order valence-electron chi connectivity index (χ4n) is 2.76. The quantitative estimate of drug-likeness (QED) is 0.672. The SMILES string of the molecule is CCOCCCC(=O)N[C@@H]1CCC[C@@H]1CNC(=O)OC(C)(C)C. The predicted octanol–water partition coefficient (Wildman–Crippen LogP) is 2.61. The molecule has 0 unspecified atom stereocenters. The van der Waals surface area contributed by atoms with Crippen LogP contribution in [0.4, 0.5) is 4.79 Å². The van der Waals surface area contributed by atoms with E-state index in [0.29, 0.717) is 26.2 Å². The molecule has 2 atom stereocenters. The summed E-state index contributed by atoms with van der Waals surface area (Å²) in [6.07, 6.45) is 3.89. The lowest BCUT2D eigenvalue weighted by Gasteiger charge is -2.23. The van der Waals surface area contributed by atoms with Crippen LogP contribution in [0.2, 0.25) is 0 Å². The van der Waals surface area contributed by atoms with Gasteiger partial charge in [0, 0.05) is 32.2 Å². The van der Waals surface area contributed by atoms with Gasteiger partial charge in [-0.3, -0.25) is 4.79 Å². The van der Waals surface area contributed by atoms with Crippen LogP contribution in [0, 0.1) is 5.92 Å². The second kappa shape index (κ2) is 9.75. The second-order valence-corrected chi connectivity index (χ2v) is 7.05. The van der Waals surface area contributed by atoms with E-state index in [9.17, 15) is 9.59 Å². The first-order valence-corrected chi connectivity index (χ1v) is 8.65. The molecule has 1 aliphatic rings. The van der Waals surface area contributed by atoms with Gasteiger partial charge in [0.25, 0.3) is 0 Å². The number of hydrogen-bond donors (Lipinski definition) is 2. The number of amides is 2. The molecule has 6 heteroatoms. The van der Waals surface area contributed by atoms with Crippen molar-refractivity contribution in [1.29, 1.82) is 0 Å². The summed E-state index contributed by atoms with van der Waals surface area (Å²) in [5.74, 6) is 0.345.